The van der Waals surface area contributed by atoms with Gasteiger partial charge in [0.15, 0.2) is 0 Å². The lowest BCUT2D eigenvalue weighted by Crippen LogP contribution is -2.25. The molecule has 0 fully saturated rings. The zero-order valence-electron chi connectivity index (χ0n) is 12.1. The summed E-state index contributed by atoms with van der Waals surface area (Å²) in [5.41, 5.74) is 1.30. The predicted octanol–water partition coefficient (Wildman–Crippen LogP) is 3.88. The van der Waals surface area contributed by atoms with Crippen molar-refractivity contribution in [1.29, 1.82) is 0 Å². The van der Waals surface area contributed by atoms with Crippen molar-refractivity contribution in [1.82, 2.24) is 5.32 Å². The zero-order chi connectivity index (χ0) is 13.6. The minimum Gasteiger partial charge on any atom is -0.497 e. The highest BCUT2D eigenvalue weighted by Crippen LogP contribution is 2.29. The zero-order valence-corrected chi connectivity index (χ0v) is 12.9. The van der Waals surface area contributed by atoms with Gasteiger partial charge in [-0.1, -0.05) is 39.8 Å². The molecule has 0 radical (unpaired) electrons. The van der Waals surface area contributed by atoms with Gasteiger partial charge in [0.25, 0.3) is 0 Å². The maximum atomic E-state index is 5.29. The Labute approximate surface area is 116 Å². The summed E-state index contributed by atoms with van der Waals surface area (Å²) in [6.07, 6.45) is 0. The largest absolute Gasteiger partial charge is 0.497 e. The number of benzene rings is 1. The SMILES string of the molecule is CCNC(CSC(C)(C)C)c1cccc(OC)c1. The molecule has 18 heavy (non-hydrogen) atoms. The van der Waals surface area contributed by atoms with Gasteiger partial charge in [-0.2, -0.15) is 11.8 Å². The van der Waals surface area contributed by atoms with E-state index in [1.54, 1.807) is 7.11 Å². The van der Waals surface area contributed by atoms with Gasteiger partial charge in [0, 0.05) is 16.5 Å². The van der Waals surface area contributed by atoms with Crippen LogP contribution in [0.5, 0.6) is 5.75 Å². The Kier molecular flexibility index (Phi) is 6.03. The van der Waals surface area contributed by atoms with E-state index in [2.05, 4.69) is 51.2 Å². The summed E-state index contributed by atoms with van der Waals surface area (Å²) in [7, 11) is 1.71. The third-order valence-corrected chi connectivity index (χ3v) is 4.00. The summed E-state index contributed by atoms with van der Waals surface area (Å²) in [5, 5.41) is 3.55. The molecule has 0 saturated carbocycles. The van der Waals surface area contributed by atoms with Crippen LogP contribution in [0.3, 0.4) is 0 Å². The van der Waals surface area contributed by atoms with Crippen molar-refractivity contribution in [3.63, 3.8) is 0 Å². The summed E-state index contributed by atoms with van der Waals surface area (Å²) in [4.78, 5) is 0. The Morgan fingerprint density at radius 2 is 2.06 bits per heavy atom. The first-order valence-corrected chi connectivity index (χ1v) is 7.46. The molecule has 1 atom stereocenters. The van der Waals surface area contributed by atoms with Gasteiger partial charge in [-0.15, -0.1) is 0 Å². The van der Waals surface area contributed by atoms with Crippen molar-refractivity contribution in [2.45, 2.75) is 38.5 Å². The predicted molar refractivity (Wildman–Crippen MR) is 81.6 cm³/mol. The van der Waals surface area contributed by atoms with E-state index >= 15 is 0 Å². The van der Waals surface area contributed by atoms with Crippen LogP contribution in [0.25, 0.3) is 0 Å². The molecule has 0 aliphatic heterocycles. The summed E-state index contributed by atoms with van der Waals surface area (Å²) >= 11 is 1.99. The van der Waals surface area contributed by atoms with Gasteiger partial charge in [-0.3, -0.25) is 0 Å². The van der Waals surface area contributed by atoms with Crippen LogP contribution in [0.4, 0.5) is 0 Å². The van der Waals surface area contributed by atoms with E-state index in [0.717, 1.165) is 18.0 Å². The van der Waals surface area contributed by atoms with Crippen molar-refractivity contribution in [2.24, 2.45) is 0 Å². The van der Waals surface area contributed by atoms with Gasteiger partial charge in [0.2, 0.25) is 0 Å². The van der Waals surface area contributed by atoms with Gasteiger partial charge in [-0.25, -0.2) is 0 Å². The van der Waals surface area contributed by atoms with Crippen LogP contribution in [0.15, 0.2) is 24.3 Å². The number of hydrogen-bond acceptors (Lipinski definition) is 3. The van der Waals surface area contributed by atoms with Crippen molar-refractivity contribution < 1.29 is 4.74 Å². The highest BCUT2D eigenvalue weighted by Gasteiger charge is 2.16. The smallest absolute Gasteiger partial charge is 0.119 e. The average molecular weight is 267 g/mol. The second kappa shape index (κ2) is 7.05. The van der Waals surface area contributed by atoms with E-state index in [9.17, 15) is 0 Å². The Hall–Kier alpha value is -0.670. The Bertz CT molecular complexity index is 360. The molecular formula is C15H25NOS. The number of rotatable bonds is 6. The van der Waals surface area contributed by atoms with Crippen LogP contribution in [0.2, 0.25) is 0 Å². The van der Waals surface area contributed by atoms with Crippen molar-refractivity contribution in [2.75, 3.05) is 19.4 Å². The van der Waals surface area contributed by atoms with E-state index < -0.39 is 0 Å². The minimum atomic E-state index is 0.298. The fourth-order valence-corrected chi connectivity index (χ4v) is 2.69. The third kappa shape index (κ3) is 5.32. The number of ether oxygens (including phenoxy) is 1. The average Bonchev–Trinajstić information content (AvgIpc) is 2.33. The third-order valence-electron chi connectivity index (χ3n) is 2.63. The van der Waals surface area contributed by atoms with E-state index in [4.69, 9.17) is 4.74 Å². The maximum Gasteiger partial charge on any atom is 0.119 e. The number of nitrogens with one attached hydrogen (secondary N) is 1. The molecule has 2 nitrogen and oxygen atoms in total. The molecular weight excluding hydrogens is 242 g/mol. The van der Waals surface area contributed by atoms with Gasteiger partial charge >= 0.3 is 0 Å². The number of methoxy groups -OCH3 is 1. The van der Waals surface area contributed by atoms with E-state index in [1.165, 1.54) is 5.56 Å². The molecule has 1 unspecified atom stereocenters. The van der Waals surface area contributed by atoms with Crippen LogP contribution >= 0.6 is 11.8 Å². The Morgan fingerprint density at radius 1 is 1.33 bits per heavy atom. The molecule has 1 aromatic carbocycles. The molecule has 3 heteroatoms. The lowest BCUT2D eigenvalue weighted by molar-refractivity contribution is 0.413. The number of hydrogen-bond donors (Lipinski definition) is 1. The lowest BCUT2D eigenvalue weighted by atomic mass is 10.1. The second-order valence-electron chi connectivity index (χ2n) is 5.31. The van der Waals surface area contributed by atoms with Gasteiger partial charge in [-0.05, 0) is 24.2 Å². The molecule has 0 spiro atoms. The molecule has 0 aliphatic rings. The summed E-state index contributed by atoms with van der Waals surface area (Å²) in [6, 6.07) is 8.72. The highest BCUT2D eigenvalue weighted by atomic mass is 32.2. The van der Waals surface area contributed by atoms with Gasteiger partial charge in [0.1, 0.15) is 5.75 Å². The molecule has 0 heterocycles. The normalized spacial score (nSPS) is 13.4. The first-order chi connectivity index (χ1) is 8.46. The van der Waals surface area contributed by atoms with Crippen molar-refractivity contribution in [3.05, 3.63) is 29.8 Å². The summed E-state index contributed by atoms with van der Waals surface area (Å²) in [5.74, 6) is 2.00. The molecule has 102 valence electrons. The quantitative estimate of drug-likeness (QED) is 0.845. The van der Waals surface area contributed by atoms with E-state index in [0.29, 0.717) is 10.8 Å². The summed E-state index contributed by atoms with van der Waals surface area (Å²) in [6.45, 7) is 9.90. The van der Waals surface area contributed by atoms with Crippen LogP contribution in [0, 0.1) is 0 Å². The maximum absolute atomic E-state index is 5.29. The van der Waals surface area contributed by atoms with Crippen molar-refractivity contribution in [3.8, 4) is 5.75 Å². The van der Waals surface area contributed by atoms with Crippen LogP contribution in [-0.2, 0) is 0 Å². The summed E-state index contributed by atoms with van der Waals surface area (Å²) < 4.78 is 5.59. The minimum absolute atomic E-state index is 0.298. The standard InChI is InChI=1S/C15H25NOS/c1-6-16-14(11-18-15(2,3)4)12-8-7-9-13(10-12)17-5/h7-10,14,16H,6,11H2,1-5H3. The van der Waals surface area contributed by atoms with Gasteiger partial charge < -0.3 is 10.1 Å². The lowest BCUT2D eigenvalue weighted by Gasteiger charge is -2.24. The first kappa shape index (κ1) is 15.4. The number of thioether (sulfide) groups is 1. The molecule has 1 aromatic rings. The highest BCUT2D eigenvalue weighted by molar-refractivity contribution is 8.00. The van der Waals surface area contributed by atoms with Gasteiger partial charge in [0.05, 0.1) is 7.11 Å². The fraction of sp³-hybridized carbons (Fsp3) is 0.600. The molecule has 0 amide bonds. The van der Waals surface area contributed by atoms with Crippen LogP contribution in [0.1, 0.15) is 39.3 Å². The van der Waals surface area contributed by atoms with E-state index in [-0.39, 0.29) is 0 Å². The Balaban J connectivity index is 2.76. The molecule has 0 aromatic heterocycles. The van der Waals surface area contributed by atoms with E-state index in [1.807, 2.05) is 17.8 Å². The van der Waals surface area contributed by atoms with Crippen LogP contribution in [-0.4, -0.2) is 24.2 Å². The monoisotopic (exact) mass is 267 g/mol. The van der Waals surface area contributed by atoms with Crippen LogP contribution < -0.4 is 10.1 Å². The molecule has 0 saturated heterocycles. The second-order valence-corrected chi connectivity index (χ2v) is 7.16. The molecule has 1 rings (SSSR count). The topological polar surface area (TPSA) is 21.3 Å². The van der Waals surface area contributed by atoms with Crippen molar-refractivity contribution >= 4 is 11.8 Å². The molecule has 0 aliphatic carbocycles. The molecule has 0 bridgehead atoms. The Morgan fingerprint density at radius 3 is 2.61 bits per heavy atom. The molecule has 1 N–H and O–H groups in total. The fourth-order valence-electron chi connectivity index (χ4n) is 1.71. The first-order valence-electron chi connectivity index (χ1n) is 6.47.